The van der Waals surface area contributed by atoms with Crippen molar-refractivity contribution >= 4 is 0 Å². The lowest BCUT2D eigenvalue weighted by Crippen LogP contribution is -2.04. The summed E-state index contributed by atoms with van der Waals surface area (Å²) in [4.78, 5) is 0. The maximum absolute atomic E-state index is 3.18. The Morgan fingerprint density at radius 2 is 2.20 bits per heavy atom. The lowest BCUT2D eigenvalue weighted by molar-refractivity contribution is 0.809. The lowest BCUT2D eigenvalue weighted by atomic mass is 10.3. The van der Waals surface area contributed by atoms with Crippen LogP contribution in [0, 0.1) is 0 Å². The molecule has 0 aromatic rings. The lowest BCUT2D eigenvalue weighted by Gasteiger charge is -1.94. The smallest absolute Gasteiger partial charge is 0.0138 e. The van der Waals surface area contributed by atoms with E-state index in [9.17, 15) is 0 Å². The van der Waals surface area contributed by atoms with Gasteiger partial charge in [-0.25, -0.2) is 0 Å². The molecule has 0 unspecified atom stereocenters. The van der Waals surface area contributed by atoms with Crippen molar-refractivity contribution in [3.05, 3.63) is 23.9 Å². The van der Waals surface area contributed by atoms with Gasteiger partial charge in [0, 0.05) is 6.54 Å². The molecule has 0 heterocycles. The van der Waals surface area contributed by atoms with Crippen LogP contribution < -0.4 is 5.32 Å². The Hall–Kier alpha value is -0.720. The molecule has 0 rings (SSSR count). The van der Waals surface area contributed by atoms with Gasteiger partial charge in [-0.3, -0.25) is 0 Å². The van der Waals surface area contributed by atoms with Gasteiger partial charge in [0.1, 0.15) is 0 Å². The van der Waals surface area contributed by atoms with Gasteiger partial charge in [0.15, 0.2) is 0 Å². The predicted octanol–water partition coefficient (Wildman–Crippen LogP) is 2.47. The number of allylic oxidation sites excluding steroid dienone is 3. The first-order valence-electron chi connectivity index (χ1n) is 3.84. The molecule has 0 bridgehead atoms. The Morgan fingerprint density at radius 3 is 2.70 bits per heavy atom. The largest absolute Gasteiger partial charge is 0.391 e. The molecule has 0 amide bonds. The van der Waals surface area contributed by atoms with E-state index in [0.717, 1.165) is 6.54 Å². The van der Waals surface area contributed by atoms with Crippen molar-refractivity contribution in [1.29, 1.82) is 0 Å². The summed E-state index contributed by atoms with van der Waals surface area (Å²) in [5.74, 6) is 0. The highest BCUT2D eigenvalue weighted by Gasteiger charge is 1.75. The molecule has 0 aromatic heterocycles. The van der Waals surface area contributed by atoms with E-state index < -0.39 is 0 Å². The van der Waals surface area contributed by atoms with E-state index in [-0.39, 0.29) is 0 Å². The molecule has 1 heteroatoms. The van der Waals surface area contributed by atoms with Crippen molar-refractivity contribution in [2.45, 2.75) is 27.2 Å². The monoisotopic (exact) mass is 139 g/mol. The van der Waals surface area contributed by atoms with E-state index in [0.29, 0.717) is 0 Å². The molecule has 0 fully saturated rings. The van der Waals surface area contributed by atoms with Gasteiger partial charge in [-0.05, 0) is 32.5 Å². The number of hydrogen-bond acceptors (Lipinski definition) is 1. The Bertz CT molecular complexity index is 123. The first kappa shape index (κ1) is 9.28. The van der Waals surface area contributed by atoms with E-state index in [4.69, 9.17) is 0 Å². The average molecular weight is 139 g/mol. The summed E-state index contributed by atoms with van der Waals surface area (Å²) in [6.07, 6.45) is 7.35. The van der Waals surface area contributed by atoms with Crippen LogP contribution in [0.15, 0.2) is 23.9 Å². The summed E-state index contributed by atoms with van der Waals surface area (Å²) in [7, 11) is 0. The molecule has 1 N–H and O–H groups in total. The van der Waals surface area contributed by atoms with Gasteiger partial charge in [0.25, 0.3) is 0 Å². The van der Waals surface area contributed by atoms with Crippen molar-refractivity contribution in [1.82, 2.24) is 5.32 Å². The second kappa shape index (κ2) is 6.40. The van der Waals surface area contributed by atoms with E-state index >= 15 is 0 Å². The predicted molar refractivity (Wildman–Crippen MR) is 46.9 cm³/mol. The summed E-state index contributed by atoms with van der Waals surface area (Å²) >= 11 is 0. The maximum Gasteiger partial charge on any atom is 0.0138 e. The van der Waals surface area contributed by atoms with Crippen molar-refractivity contribution in [3.63, 3.8) is 0 Å². The zero-order chi connectivity index (χ0) is 7.82. The van der Waals surface area contributed by atoms with E-state index in [1.54, 1.807) is 0 Å². The Morgan fingerprint density at radius 1 is 1.50 bits per heavy atom. The molecule has 0 aliphatic rings. The first-order chi connectivity index (χ1) is 4.81. The summed E-state index contributed by atoms with van der Waals surface area (Å²) in [6.45, 7) is 7.35. The Kier molecular flexibility index (Phi) is 5.94. The Balaban J connectivity index is 3.37. The molecule has 58 valence electrons. The van der Waals surface area contributed by atoms with Gasteiger partial charge in [-0.15, -0.1) is 0 Å². The quantitative estimate of drug-likeness (QED) is 0.466. The van der Waals surface area contributed by atoms with E-state index in [1.165, 1.54) is 12.0 Å². The fourth-order valence-electron chi connectivity index (χ4n) is 0.514. The normalized spacial score (nSPS) is 12.5. The van der Waals surface area contributed by atoms with Crippen LogP contribution in [0.5, 0.6) is 0 Å². The zero-order valence-corrected chi connectivity index (χ0v) is 7.15. The van der Waals surface area contributed by atoms with Crippen molar-refractivity contribution in [3.8, 4) is 0 Å². The van der Waals surface area contributed by atoms with Crippen LogP contribution in [-0.4, -0.2) is 6.54 Å². The van der Waals surface area contributed by atoms with Gasteiger partial charge < -0.3 is 5.32 Å². The third-order valence-electron chi connectivity index (χ3n) is 1.31. The molecule has 0 aliphatic heterocycles. The molecule has 0 spiro atoms. The van der Waals surface area contributed by atoms with Crippen LogP contribution >= 0.6 is 0 Å². The third kappa shape index (κ3) is 5.42. The van der Waals surface area contributed by atoms with E-state index in [2.05, 4.69) is 31.3 Å². The molecular formula is C9H17N. The number of rotatable bonds is 4. The second-order valence-electron chi connectivity index (χ2n) is 2.32. The standard InChI is InChI=1S/C9H17N/c1-4-7-10-8-6-9(3)5-2/h5-6,8,10H,4,7H2,1-3H3/b8-6-,9-5+. The average Bonchev–Trinajstić information content (AvgIpc) is 1.98. The van der Waals surface area contributed by atoms with Gasteiger partial charge in [0.05, 0.1) is 0 Å². The van der Waals surface area contributed by atoms with Crippen LogP contribution in [0.2, 0.25) is 0 Å². The van der Waals surface area contributed by atoms with Crippen LogP contribution in [0.4, 0.5) is 0 Å². The zero-order valence-electron chi connectivity index (χ0n) is 7.15. The second-order valence-corrected chi connectivity index (χ2v) is 2.32. The molecule has 0 aromatic carbocycles. The Labute approximate surface area is 63.8 Å². The highest BCUT2D eigenvalue weighted by atomic mass is 14.8. The van der Waals surface area contributed by atoms with Crippen molar-refractivity contribution in [2.24, 2.45) is 0 Å². The number of hydrogen-bond donors (Lipinski definition) is 1. The minimum atomic E-state index is 1.06. The van der Waals surface area contributed by atoms with Gasteiger partial charge >= 0.3 is 0 Å². The molecule has 0 atom stereocenters. The van der Waals surface area contributed by atoms with E-state index in [1.807, 2.05) is 13.1 Å². The highest BCUT2D eigenvalue weighted by molar-refractivity contribution is 5.13. The van der Waals surface area contributed by atoms with Gasteiger partial charge in [0.2, 0.25) is 0 Å². The molecule has 0 aliphatic carbocycles. The topological polar surface area (TPSA) is 12.0 Å². The van der Waals surface area contributed by atoms with Crippen molar-refractivity contribution < 1.29 is 0 Å². The molecule has 1 nitrogen and oxygen atoms in total. The van der Waals surface area contributed by atoms with Crippen LogP contribution in [-0.2, 0) is 0 Å². The number of nitrogens with one attached hydrogen (secondary N) is 1. The molecule has 0 radical (unpaired) electrons. The van der Waals surface area contributed by atoms with Crippen LogP contribution in [0.25, 0.3) is 0 Å². The molecule has 0 saturated heterocycles. The molecular weight excluding hydrogens is 122 g/mol. The maximum atomic E-state index is 3.18. The minimum absolute atomic E-state index is 1.06. The summed E-state index contributed by atoms with van der Waals surface area (Å²) in [6, 6.07) is 0. The van der Waals surface area contributed by atoms with Gasteiger partial charge in [-0.1, -0.05) is 18.6 Å². The summed E-state index contributed by atoms with van der Waals surface area (Å²) in [5, 5.41) is 3.18. The molecule has 10 heavy (non-hydrogen) atoms. The van der Waals surface area contributed by atoms with Crippen LogP contribution in [0.1, 0.15) is 27.2 Å². The third-order valence-corrected chi connectivity index (χ3v) is 1.31. The minimum Gasteiger partial charge on any atom is -0.391 e. The van der Waals surface area contributed by atoms with Crippen LogP contribution in [0.3, 0.4) is 0 Å². The fourth-order valence-corrected chi connectivity index (χ4v) is 0.514. The highest BCUT2D eigenvalue weighted by Crippen LogP contribution is 1.91. The first-order valence-corrected chi connectivity index (χ1v) is 3.84. The van der Waals surface area contributed by atoms with Gasteiger partial charge in [-0.2, -0.15) is 0 Å². The van der Waals surface area contributed by atoms with Crippen molar-refractivity contribution in [2.75, 3.05) is 6.54 Å². The summed E-state index contributed by atoms with van der Waals surface area (Å²) in [5.41, 5.74) is 1.30. The summed E-state index contributed by atoms with van der Waals surface area (Å²) < 4.78 is 0. The SMILES string of the molecule is C/C=C(C)/C=C\NCCC. The fraction of sp³-hybridized carbons (Fsp3) is 0.556. The molecule has 0 saturated carbocycles.